The maximum atomic E-state index is 12.8. The van der Waals surface area contributed by atoms with Crippen molar-refractivity contribution < 1.29 is 22.7 Å². The summed E-state index contributed by atoms with van der Waals surface area (Å²) in [5.41, 5.74) is 0.449. The second kappa shape index (κ2) is 5.14. The Labute approximate surface area is 98.2 Å². The van der Waals surface area contributed by atoms with Crippen molar-refractivity contribution in [2.45, 2.75) is 25.1 Å². The van der Waals surface area contributed by atoms with Crippen LogP contribution in [0.2, 0.25) is 0 Å². The fourth-order valence-electron chi connectivity index (χ4n) is 1.28. The number of halogens is 5. The number of benzene rings is 1. The van der Waals surface area contributed by atoms with Gasteiger partial charge in [-0.3, -0.25) is 0 Å². The van der Waals surface area contributed by atoms with Gasteiger partial charge in [-0.15, -0.1) is 0 Å². The van der Waals surface area contributed by atoms with E-state index in [9.17, 15) is 17.6 Å². The molecule has 1 aromatic rings. The predicted octanol–water partition coefficient (Wildman–Crippen LogP) is 3.44. The number of hydrogen-bond acceptors (Lipinski definition) is 1. The van der Waals surface area contributed by atoms with Crippen LogP contribution in [0.4, 0.5) is 17.6 Å². The van der Waals surface area contributed by atoms with Crippen LogP contribution in [0, 0.1) is 5.82 Å². The van der Waals surface area contributed by atoms with Gasteiger partial charge in [0.1, 0.15) is 5.82 Å². The maximum Gasteiger partial charge on any atom is 0.391 e. The standard InChI is InChI=1S/C10H9BrF4O/c11-8-4-6(1-2-9(8)12)3-7(16)5-10(13,14)15/h1-2,4,7,16H,3,5H2. The topological polar surface area (TPSA) is 20.2 Å². The Morgan fingerprint density at radius 2 is 1.94 bits per heavy atom. The van der Waals surface area contributed by atoms with Gasteiger partial charge < -0.3 is 5.11 Å². The third-order valence-corrected chi connectivity index (χ3v) is 2.53. The lowest BCUT2D eigenvalue weighted by molar-refractivity contribution is -0.153. The first-order chi connectivity index (χ1) is 7.28. The van der Waals surface area contributed by atoms with E-state index in [-0.39, 0.29) is 10.9 Å². The second-order valence-corrected chi connectivity index (χ2v) is 4.28. The van der Waals surface area contributed by atoms with Crippen LogP contribution >= 0.6 is 15.9 Å². The average Bonchev–Trinajstić information content (AvgIpc) is 2.08. The molecule has 0 bridgehead atoms. The van der Waals surface area contributed by atoms with Crippen LogP contribution in [0.3, 0.4) is 0 Å². The average molecular weight is 301 g/mol. The van der Waals surface area contributed by atoms with Gasteiger partial charge in [0.05, 0.1) is 17.0 Å². The van der Waals surface area contributed by atoms with Crippen LogP contribution in [0.1, 0.15) is 12.0 Å². The van der Waals surface area contributed by atoms with Gasteiger partial charge in [0.25, 0.3) is 0 Å². The van der Waals surface area contributed by atoms with E-state index in [1.54, 1.807) is 0 Å². The van der Waals surface area contributed by atoms with Crippen LogP contribution in [0.15, 0.2) is 22.7 Å². The zero-order valence-electron chi connectivity index (χ0n) is 8.06. The summed E-state index contributed by atoms with van der Waals surface area (Å²) in [6.07, 6.45) is -7.31. The lowest BCUT2D eigenvalue weighted by atomic mass is 10.1. The molecule has 1 aromatic carbocycles. The minimum Gasteiger partial charge on any atom is -0.392 e. The quantitative estimate of drug-likeness (QED) is 0.848. The summed E-state index contributed by atoms with van der Waals surface area (Å²) in [5.74, 6) is -0.492. The Hall–Kier alpha value is -0.620. The zero-order chi connectivity index (χ0) is 12.3. The number of hydrogen-bond donors (Lipinski definition) is 1. The predicted molar refractivity (Wildman–Crippen MR) is 54.5 cm³/mol. The van der Waals surface area contributed by atoms with Crippen molar-refractivity contribution in [3.05, 3.63) is 34.1 Å². The van der Waals surface area contributed by atoms with Crippen LogP contribution in [-0.4, -0.2) is 17.4 Å². The highest BCUT2D eigenvalue weighted by Gasteiger charge is 2.31. The summed E-state index contributed by atoms with van der Waals surface area (Å²) in [6.45, 7) is 0. The molecule has 0 saturated carbocycles. The molecule has 16 heavy (non-hydrogen) atoms. The van der Waals surface area contributed by atoms with Crippen molar-refractivity contribution in [2.75, 3.05) is 0 Å². The minimum atomic E-state index is -4.39. The van der Waals surface area contributed by atoms with E-state index in [2.05, 4.69) is 15.9 Å². The molecule has 1 nitrogen and oxygen atoms in total. The first-order valence-corrected chi connectivity index (χ1v) is 5.26. The lowest BCUT2D eigenvalue weighted by Gasteiger charge is -2.13. The van der Waals surface area contributed by atoms with Gasteiger partial charge in [-0.05, 0) is 40.0 Å². The summed E-state index contributed by atoms with van der Waals surface area (Å²) >= 11 is 2.92. The molecule has 1 rings (SSSR count). The molecule has 0 aromatic heterocycles. The van der Waals surface area contributed by atoms with Crippen molar-refractivity contribution in [1.82, 2.24) is 0 Å². The van der Waals surface area contributed by atoms with Gasteiger partial charge in [0, 0.05) is 0 Å². The number of aliphatic hydroxyl groups is 1. The summed E-state index contributed by atoms with van der Waals surface area (Å²) in [7, 11) is 0. The van der Waals surface area contributed by atoms with Crippen LogP contribution < -0.4 is 0 Å². The van der Waals surface area contributed by atoms with Crippen molar-refractivity contribution in [2.24, 2.45) is 0 Å². The molecule has 6 heteroatoms. The Kier molecular flexibility index (Phi) is 4.32. The van der Waals surface area contributed by atoms with E-state index in [1.165, 1.54) is 12.1 Å². The molecule has 0 aliphatic carbocycles. The highest BCUT2D eigenvalue weighted by Crippen LogP contribution is 2.24. The SMILES string of the molecule is OC(Cc1ccc(F)c(Br)c1)CC(F)(F)F. The summed E-state index contributed by atoms with van der Waals surface area (Å²) in [6, 6.07) is 3.84. The van der Waals surface area contributed by atoms with Gasteiger partial charge >= 0.3 is 6.18 Å². The third kappa shape index (κ3) is 4.49. The summed E-state index contributed by atoms with van der Waals surface area (Å²) < 4.78 is 48.8. The minimum absolute atomic E-state index is 0.154. The Balaban J connectivity index is 2.63. The van der Waals surface area contributed by atoms with Crippen molar-refractivity contribution in [1.29, 1.82) is 0 Å². The highest BCUT2D eigenvalue weighted by atomic mass is 79.9. The van der Waals surface area contributed by atoms with E-state index >= 15 is 0 Å². The number of aliphatic hydroxyl groups excluding tert-OH is 1. The molecule has 0 heterocycles. The maximum absolute atomic E-state index is 12.8. The van der Waals surface area contributed by atoms with Crippen LogP contribution in [-0.2, 0) is 6.42 Å². The molecule has 0 aliphatic heterocycles. The van der Waals surface area contributed by atoms with E-state index in [1.807, 2.05) is 0 Å². The van der Waals surface area contributed by atoms with Gasteiger partial charge in [0.15, 0.2) is 0 Å². The van der Waals surface area contributed by atoms with E-state index in [4.69, 9.17) is 5.11 Å². The molecule has 0 aliphatic rings. The van der Waals surface area contributed by atoms with Crippen LogP contribution in [0.25, 0.3) is 0 Å². The van der Waals surface area contributed by atoms with E-state index in [0.717, 1.165) is 6.07 Å². The first-order valence-electron chi connectivity index (χ1n) is 4.46. The molecule has 0 fully saturated rings. The van der Waals surface area contributed by atoms with Crippen molar-refractivity contribution in [3.63, 3.8) is 0 Å². The molecule has 0 spiro atoms. The molecule has 90 valence electrons. The summed E-state index contributed by atoms with van der Waals surface area (Å²) in [5, 5.41) is 9.17. The fraction of sp³-hybridized carbons (Fsp3) is 0.400. The molecule has 1 unspecified atom stereocenters. The molecule has 1 atom stereocenters. The second-order valence-electron chi connectivity index (χ2n) is 3.43. The Morgan fingerprint density at radius 1 is 1.31 bits per heavy atom. The van der Waals surface area contributed by atoms with E-state index in [0.29, 0.717) is 5.56 Å². The first kappa shape index (κ1) is 13.4. The van der Waals surface area contributed by atoms with Gasteiger partial charge in [-0.1, -0.05) is 6.07 Å². The smallest absolute Gasteiger partial charge is 0.391 e. The Bertz CT molecular complexity index is 364. The largest absolute Gasteiger partial charge is 0.392 e. The number of rotatable bonds is 3. The van der Waals surface area contributed by atoms with Crippen LogP contribution in [0.5, 0.6) is 0 Å². The van der Waals surface area contributed by atoms with E-state index < -0.39 is 24.5 Å². The fourth-order valence-corrected chi connectivity index (χ4v) is 1.70. The zero-order valence-corrected chi connectivity index (χ0v) is 9.65. The Morgan fingerprint density at radius 3 is 2.44 bits per heavy atom. The number of alkyl halides is 3. The molecule has 0 saturated heterocycles. The molecule has 1 N–H and O–H groups in total. The van der Waals surface area contributed by atoms with Crippen molar-refractivity contribution in [3.8, 4) is 0 Å². The molecular formula is C10H9BrF4O. The van der Waals surface area contributed by atoms with Gasteiger partial charge in [-0.2, -0.15) is 13.2 Å². The third-order valence-electron chi connectivity index (χ3n) is 1.92. The normalized spacial score (nSPS) is 13.9. The van der Waals surface area contributed by atoms with Crippen molar-refractivity contribution >= 4 is 15.9 Å². The lowest BCUT2D eigenvalue weighted by Crippen LogP contribution is -2.21. The monoisotopic (exact) mass is 300 g/mol. The highest BCUT2D eigenvalue weighted by molar-refractivity contribution is 9.10. The summed E-state index contributed by atoms with van der Waals surface area (Å²) in [4.78, 5) is 0. The van der Waals surface area contributed by atoms with Gasteiger partial charge in [0.2, 0.25) is 0 Å². The molecule has 0 radical (unpaired) electrons. The molecular weight excluding hydrogens is 292 g/mol. The molecule has 0 amide bonds. The van der Waals surface area contributed by atoms with Gasteiger partial charge in [-0.25, -0.2) is 4.39 Å².